The number of carbonyl (C=O) groups is 3. The number of amides is 2. The van der Waals surface area contributed by atoms with E-state index in [2.05, 4.69) is 10.6 Å². The summed E-state index contributed by atoms with van der Waals surface area (Å²) in [4.78, 5) is 34.1. The van der Waals surface area contributed by atoms with Crippen LogP contribution in [-0.4, -0.2) is 36.0 Å². The molecule has 1 aliphatic carbocycles. The van der Waals surface area contributed by atoms with Gasteiger partial charge in [0.05, 0.1) is 11.8 Å². The molecule has 1 aliphatic rings. The molecule has 0 aromatic carbocycles. The van der Waals surface area contributed by atoms with Crippen molar-refractivity contribution < 1.29 is 19.5 Å². The second-order valence-corrected chi connectivity index (χ2v) is 5.51. The Bertz CT molecular complexity index is 379. The average molecular weight is 270 g/mol. The first-order chi connectivity index (χ1) is 8.82. The van der Waals surface area contributed by atoms with Gasteiger partial charge in [-0.1, -0.05) is 20.8 Å². The van der Waals surface area contributed by atoms with E-state index < -0.39 is 23.2 Å². The molecule has 0 radical (unpaired) electrons. The molecule has 0 saturated heterocycles. The minimum Gasteiger partial charge on any atom is -0.481 e. The molecule has 1 saturated carbocycles. The van der Waals surface area contributed by atoms with Gasteiger partial charge in [-0.3, -0.25) is 14.4 Å². The molecular weight excluding hydrogens is 248 g/mol. The minimum absolute atomic E-state index is 0.105. The molecule has 0 spiro atoms. The predicted molar refractivity (Wildman–Crippen MR) is 69.3 cm³/mol. The zero-order valence-electron chi connectivity index (χ0n) is 11.7. The number of carbonyl (C=O) groups excluding carboxylic acids is 2. The maximum Gasteiger partial charge on any atom is 0.307 e. The van der Waals surface area contributed by atoms with E-state index in [1.165, 1.54) is 0 Å². The van der Waals surface area contributed by atoms with Crippen LogP contribution in [0.2, 0.25) is 0 Å². The van der Waals surface area contributed by atoms with Crippen molar-refractivity contribution >= 4 is 17.8 Å². The number of aliphatic carboxylic acids is 1. The van der Waals surface area contributed by atoms with Crippen molar-refractivity contribution in [3.8, 4) is 0 Å². The quantitative estimate of drug-likeness (QED) is 0.623. The molecule has 6 nitrogen and oxygen atoms in total. The van der Waals surface area contributed by atoms with Crippen LogP contribution in [0.15, 0.2) is 0 Å². The van der Waals surface area contributed by atoms with Gasteiger partial charge in [-0.15, -0.1) is 0 Å². The second-order valence-electron chi connectivity index (χ2n) is 5.51. The fourth-order valence-corrected chi connectivity index (χ4v) is 2.35. The molecule has 2 amide bonds. The summed E-state index contributed by atoms with van der Waals surface area (Å²) < 4.78 is 0. The molecule has 1 rings (SSSR count). The topological polar surface area (TPSA) is 95.5 Å². The van der Waals surface area contributed by atoms with Crippen molar-refractivity contribution in [2.45, 2.75) is 33.6 Å². The van der Waals surface area contributed by atoms with Crippen LogP contribution in [0.3, 0.4) is 0 Å². The summed E-state index contributed by atoms with van der Waals surface area (Å²) >= 11 is 0. The highest BCUT2D eigenvalue weighted by atomic mass is 16.4. The standard InChI is InChI=1S/C13H22N2O4/c1-4-6-14-8(16)5-7-15-11(17)9-10(12(18)19)13(9,2)3/h9-10H,4-7H2,1-3H3,(H,14,16)(H,15,17)(H,18,19). The zero-order chi connectivity index (χ0) is 14.6. The summed E-state index contributed by atoms with van der Waals surface area (Å²) in [6, 6.07) is 0. The van der Waals surface area contributed by atoms with Gasteiger partial charge in [-0.2, -0.15) is 0 Å². The van der Waals surface area contributed by atoms with Crippen molar-refractivity contribution in [1.82, 2.24) is 10.6 Å². The Labute approximate surface area is 112 Å². The Hall–Kier alpha value is -1.59. The molecule has 19 heavy (non-hydrogen) atoms. The van der Waals surface area contributed by atoms with Gasteiger partial charge in [0, 0.05) is 19.5 Å². The number of rotatable bonds is 7. The minimum atomic E-state index is -0.939. The SMILES string of the molecule is CCCNC(=O)CCNC(=O)C1C(C(=O)O)C1(C)C. The van der Waals surface area contributed by atoms with Crippen molar-refractivity contribution in [2.75, 3.05) is 13.1 Å². The van der Waals surface area contributed by atoms with Crippen LogP contribution in [0.1, 0.15) is 33.6 Å². The van der Waals surface area contributed by atoms with E-state index in [1.54, 1.807) is 13.8 Å². The molecule has 0 aliphatic heterocycles. The first-order valence-electron chi connectivity index (χ1n) is 6.59. The van der Waals surface area contributed by atoms with Gasteiger partial charge in [0.2, 0.25) is 11.8 Å². The van der Waals surface area contributed by atoms with E-state index in [1.807, 2.05) is 6.92 Å². The van der Waals surface area contributed by atoms with Gasteiger partial charge in [0.1, 0.15) is 0 Å². The van der Waals surface area contributed by atoms with E-state index >= 15 is 0 Å². The number of carboxylic acid groups (broad SMARTS) is 1. The molecule has 0 bridgehead atoms. The summed E-state index contributed by atoms with van der Waals surface area (Å²) in [6.07, 6.45) is 1.09. The van der Waals surface area contributed by atoms with Crippen LogP contribution in [0, 0.1) is 17.3 Å². The molecule has 2 atom stereocenters. The maximum atomic E-state index is 11.8. The van der Waals surface area contributed by atoms with Gasteiger partial charge in [0.15, 0.2) is 0 Å². The van der Waals surface area contributed by atoms with Crippen LogP contribution < -0.4 is 10.6 Å². The van der Waals surface area contributed by atoms with Crippen molar-refractivity contribution in [2.24, 2.45) is 17.3 Å². The van der Waals surface area contributed by atoms with E-state index in [-0.39, 0.29) is 24.8 Å². The van der Waals surface area contributed by atoms with Crippen molar-refractivity contribution in [3.63, 3.8) is 0 Å². The van der Waals surface area contributed by atoms with Gasteiger partial charge in [-0.25, -0.2) is 0 Å². The first kappa shape index (κ1) is 15.5. The smallest absolute Gasteiger partial charge is 0.307 e. The lowest BCUT2D eigenvalue weighted by Gasteiger charge is -2.06. The lowest BCUT2D eigenvalue weighted by atomic mass is 10.1. The molecule has 3 N–H and O–H groups in total. The molecule has 108 valence electrons. The number of nitrogens with one attached hydrogen (secondary N) is 2. The van der Waals surface area contributed by atoms with Crippen LogP contribution in [0.4, 0.5) is 0 Å². The average Bonchev–Trinajstić information content (AvgIpc) is 2.89. The molecule has 2 unspecified atom stereocenters. The Morgan fingerprint density at radius 2 is 1.74 bits per heavy atom. The summed E-state index contributed by atoms with van der Waals surface area (Å²) in [5, 5.41) is 14.3. The molecule has 0 heterocycles. The van der Waals surface area contributed by atoms with Crippen LogP contribution in [-0.2, 0) is 14.4 Å². The van der Waals surface area contributed by atoms with E-state index in [0.717, 1.165) is 6.42 Å². The lowest BCUT2D eigenvalue weighted by Crippen LogP contribution is -2.32. The number of hydrogen-bond acceptors (Lipinski definition) is 3. The van der Waals surface area contributed by atoms with E-state index in [4.69, 9.17) is 5.11 Å². The Morgan fingerprint density at radius 3 is 2.21 bits per heavy atom. The zero-order valence-corrected chi connectivity index (χ0v) is 11.7. The Kier molecular flexibility index (Phi) is 4.91. The third-order valence-corrected chi connectivity index (χ3v) is 3.60. The summed E-state index contributed by atoms with van der Waals surface area (Å²) in [5.74, 6) is -2.44. The van der Waals surface area contributed by atoms with Gasteiger partial charge in [0.25, 0.3) is 0 Å². The molecular formula is C13H22N2O4. The van der Waals surface area contributed by atoms with Crippen LogP contribution in [0.25, 0.3) is 0 Å². The first-order valence-corrected chi connectivity index (χ1v) is 6.59. The lowest BCUT2D eigenvalue weighted by molar-refractivity contribution is -0.140. The van der Waals surface area contributed by atoms with Crippen molar-refractivity contribution in [1.29, 1.82) is 0 Å². The fraction of sp³-hybridized carbons (Fsp3) is 0.769. The second kappa shape index (κ2) is 6.04. The molecule has 0 aromatic rings. The highest BCUT2D eigenvalue weighted by Crippen LogP contribution is 2.58. The fourth-order valence-electron chi connectivity index (χ4n) is 2.35. The highest BCUT2D eigenvalue weighted by Gasteiger charge is 2.65. The molecule has 6 heteroatoms. The maximum absolute atomic E-state index is 11.8. The summed E-state index contributed by atoms with van der Waals surface area (Å²) in [5.41, 5.74) is -0.500. The third-order valence-electron chi connectivity index (χ3n) is 3.60. The number of carboxylic acids is 1. The van der Waals surface area contributed by atoms with Gasteiger partial charge in [-0.05, 0) is 11.8 Å². The Morgan fingerprint density at radius 1 is 1.11 bits per heavy atom. The number of hydrogen-bond donors (Lipinski definition) is 3. The van der Waals surface area contributed by atoms with E-state index in [0.29, 0.717) is 6.54 Å². The highest BCUT2D eigenvalue weighted by molar-refractivity contribution is 5.91. The molecule has 1 fully saturated rings. The summed E-state index contributed by atoms with van der Waals surface area (Å²) in [7, 11) is 0. The Balaban J connectivity index is 2.30. The van der Waals surface area contributed by atoms with Crippen LogP contribution in [0.5, 0.6) is 0 Å². The van der Waals surface area contributed by atoms with Gasteiger partial charge >= 0.3 is 5.97 Å². The normalized spacial score (nSPS) is 23.5. The van der Waals surface area contributed by atoms with Crippen LogP contribution >= 0.6 is 0 Å². The predicted octanol–water partition coefficient (Wildman–Crippen LogP) is 0.376. The summed E-state index contributed by atoms with van der Waals surface area (Å²) in [6.45, 7) is 6.37. The third kappa shape index (κ3) is 3.68. The largest absolute Gasteiger partial charge is 0.481 e. The monoisotopic (exact) mass is 270 g/mol. The van der Waals surface area contributed by atoms with Crippen molar-refractivity contribution in [3.05, 3.63) is 0 Å². The molecule has 0 aromatic heterocycles. The van der Waals surface area contributed by atoms with Gasteiger partial charge < -0.3 is 15.7 Å². The van der Waals surface area contributed by atoms with E-state index in [9.17, 15) is 14.4 Å².